The van der Waals surface area contributed by atoms with Gasteiger partial charge in [-0.15, -0.1) is 11.8 Å². The molecule has 1 aliphatic rings. The van der Waals surface area contributed by atoms with Crippen LogP contribution in [-0.2, 0) is 4.79 Å². The van der Waals surface area contributed by atoms with Gasteiger partial charge in [-0.2, -0.15) is 0 Å². The maximum Gasteiger partial charge on any atom is 0.283 e. The summed E-state index contributed by atoms with van der Waals surface area (Å²) in [6.45, 7) is 10.5. The first-order valence-electron chi connectivity index (χ1n) is 11.9. The Hall–Kier alpha value is -2.91. The largest absolute Gasteiger partial charge is 0.336 e. The quantitative estimate of drug-likeness (QED) is 0.305. The highest BCUT2D eigenvalue weighted by Crippen LogP contribution is 2.31. The van der Waals surface area contributed by atoms with Crippen molar-refractivity contribution in [2.75, 3.05) is 43.8 Å². The molecule has 188 valence electrons. The van der Waals surface area contributed by atoms with E-state index in [4.69, 9.17) is 0 Å². The number of amides is 2. The molecule has 0 aliphatic carbocycles. The maximum atomic E-state index is 13.0. The second-order valence-electron chi connectivity index (χ2n) is 9.35. The number of hydrogen-bond acceptors (Lipinski definition) is 6. The predicted octanol–water partition coefficient (Wildman–Crippen LogP) is 4.75. The van der Waals surface area contributed by atoms with Crippen LogP contribution >= 0.6 is 11.8 Å². The van der Waals surface area contributed by atoms with Gasteiger partial charge in [0.25, 0.3) is 11.6 Å². The third kappa shape index (κ3) is 7.29. The lowest BCUT2D eigenvalue weighted by molar-refractivity contribution is -0.387. The number of piperazine rings is 1. The number of thioether (sulfide) groups is 1. The molecule has 0 spiro atoms. The van der Waals surface area contributed by atoms with Crippen LogP contribution in [0.15, 0.2) is 41.3 Å². The van der Waals surface area contributed by atoms with Gasteiger partial charge in [-0.1, -0.05) is 32.0 Å². The molecule has 2 amide bonds. The summed E-state index contributed by atoms with van der Waals surface area (Å²) >= 11 is 1.46. The van der Waals surface area contributed by atoms with Crippen molar-refractivity contribution in [3.63, 3.8) is 0 Å². The Morgan fingerprint density at radius 2 is 1.74 bits per heavy atom. The van der Waals surface area contributed by atoms with Crippen molar-refractivity contribution in [1.82, 2.24) is 9.80 Å². The van der Waals surface area contributed by atoms with Gasteiger partial charge in [0.15, 0.2) is 0 Å². The molecular weight excluding hydrogens is 464 g/mol. The Labute approximate surface area is 211 Å². The molecule has 0 radical (unpaired) electrons. The van der Waals surface area contributed by atoms with E-state index in [1.807, 2.05) is 36.9 Å². The first-order valence-corrected chi connectivity index (χ1v) is 12.9. The van der Waals surface area contributed by atoms with E-state index in [1.165, 1.54) is 17.8 Å². The van der Waals surface area contributed by atoms with Crippen LogP contribution in [0.2, 0.25) is 0 Å². The first-order chi connectivity index (χ1) is 16.7. The average molecular weight is 499 g/mol. The predicted molar refractivity (Wildman–Crippen MR) is 140 cm³/mol. The van der Waals surface area contributed by atoms with Crippen molar-refractivity contribution in [2.24, 2.45) is 5.92 Å². The number of nitro groups is 1. The molecule has 8 nitrogen and oxygen atoms in total. The van der Waals surface area contributed by atoms with Crippen LogP contribution in [0.5, 0.6) is 0 Å². The molecule has 1 saturated heterocycles. The third-order valence-corrected chi connectivity index (χ3v) is 7.22. The smallest absolute Gasteiger partial charge is 0.283 e. The van der Waals surface area contributed by atoms with E-state index in [-0.39, 0.29) is 24.0 Å². The third-order valence-electron chi connectivity index (χ3n) is 6.13. The van der Waals surface area contributed by atoms with Gasteiger partial charge in [-0.3, -0.25) is 24.6 Å². The van der Waals surface area contributed by atoms with Crippen LogP contribution in [0.4, 0.5) is 11.4 Å². The summed E-state index contributed by atoms with van der Waals surface area (Å²) < 4.78 is 0. The Kier molecular flexibility index (Phi) is 9.28. The Bertz CT molecular complexity index is 1060. The van der Waals surface area contributed by atoms with Gasteiger partial charge in [-0.05, 0) is 55.2 Å². The van der Waals surface area contributed by atoms with Crippen molar-refractivity contribution < 1.29 is 14.5 Å². The summed E-state index contributed by atoms with van der Waals surface area (Å²) in [5.41, 5.74) is 3.19. The number of aryl methyl sites for hydroxylation is 2. The van der Waals surface area contributed by atoms with Crippen molar-refractivity contribution in [1.29, 1.82) is 0 Å². The van der Waals surface area contributed by atoms with Crippen LogP contribution < -0.4 is 5.32 Å². The number of carbonyl (C=O) groups is 2. The molecule has 0 atom stereocenters. The molecular formula is C26H34N4O4S. The summed E-state index contributed by atoms with van der Waals surface area (Å²) in [5.74, 6) is 1.03. The number of nitro benzene ring substituents is 1. The van der Waals surface area contributed by atoms with E-state index in [0.717, 1.165) is 29.0 Å². The first kappa shape index (κ1) is 26.7. The topological polar surface area (TPSA) is 95.8 Å². The Morgan fingerprint density at radius 3 is 2.34 bits per heavy atom. The van der Waals surface area contributed by atoms with Gasteiger partial charge >= 0.3 is 0 Å². The number of nitrogens with zero attached hydrogens (tertiary/aromatic N) is 3. The molecule has 0 unspecified atom stereocenters. The molecule has 9 heteroatoms. The molecule has 2 aromatic rings. The number of nitrogens with one attached hydrogen (secondary N) is 1. The summed E-state index contributed by atoms with van der Waals surface area (Å²) in [5, 5.41) is 14.6. The van der Waals surface area contributed by atoms with E-state index >= 15 is 0 Å². The van der Waals surface area contributed by atoms with Gasteiger partial charge in [-0.25, -0.2) is 0 Å². The minimum atomic E-state index is -0.415. The molecule has 1 N–H and O–H groups in total. The van der Waals surface area contributed by atoms with Crippen molar-refractivity contribution in [3.05, 3.63) is 63.2 Å². The number of hydrogen-bond donors (Lipinski definition) is 1. The van der Waals surface area contributed by atoms with Crippen LogP contribution in [0, 0.1) is 29.9 Å². The van der Waals surface area contributed by atoms with E-state index < -0.39 is 4.92 Å². The fraction of sp³-hybridized carbons (Fsp3) is 0.462. The minimum absolute atomic E-state index is 0.0218. The number of para-hydroxylation sites is 1. The fourth-order valence-corrected chi connectivity index (χ4v) is 5.26. The molecule has 35 heavy (non-hydrogen) atoms. The fourth-order valence-electron chi connectivity index (χ4n) is 4.01. The highest BCUT2D eigenvalue weighted by Gasteiger charge is 2.26. The maximum absolute atomic E-state index is 13.0. The Balaban J connectivity index is 1.56. The van der Waals surface area contributed by atoms with Gasteiger partial charge < -0.3 is 10.2 Å². The second-order valence-corrected chi connectivity index (χ2v) is 10.5. The number of benzene rings is 2. The summed E-state index contributed by atoms with van der Waals surface area (Å²) in [4.78, 5) is 41.1. The summed E-state index contributed by atoms with van der Waals surface area (Å²) in [6, 6.07) is 10.7. The minimum Gasteiger partial charge on any atom is -0.336 e. The molecule has 1 fully saturated rings. The van der Waals surface area contributed by atoms with Crippen molar-refractivity contribution in [2.45, 2.75) is 39.0 Å². The zero-order valence-corrected chi connectivity index (χ0v) is 21.7. The Morgan fingerprint density at radius 1 is 1.09 bits per heavy atom. The monoisotopic (exact) mass is 498 g/mol. The second kappa shape index (κ2) is 12.2. The SMILES string of the molecule is Cc1cccc(C)c1NC(=O)CN1CCN(C(=O)c2ccc(SCCC(C)C)c([N+](=O)[O-])c2)CC1. The highest BCUT2D eigenvalue weighted by molar-refractivity contribution is 7.99. The summed E-state index contributed by atoms with van der Waals surface area (Å²) in [6.07, 6.45) is 0.968. The highest BCUT2D eigenvalue weighted by atomic mass is 32.2. The van der Waals surface area contributed by atoms with Crippen LogP contribution in [0.25, 0.3) is 0 Å². The standard InChI is InChI=1S/C26H34N4O4S/c1-18(2)10-15-35-23-9-8-21(16-22(23)30(33)34)26(32)29-13-11-28(12-14-29)17-24(31)27-25-19(3)6-5-7-20(25)4/h5-9,16,18H,10-15,17H2,1-4H3,(H,27,31). The summed E-state index contributed by atoms with van der Waals surface area (Å²) in [7, 11) is 0. The molecule has 0 aromatic heterocycles. The van der Waals surface area contributed by atoms with Crippen LogP contribution in [0.1, 0.15) is 41.8 Å². The zero-order chi connectivity index (χ0) is 25.5. The molecule has 2 aromatic carbocycles. The van der Waals surface area contributed by atoms with Crippen LogP contribution in [0.3, 0.4) is 0 Å². The van der Waals surface area contributed by atoms with Gasteiger partial charge in [0.05, 0.1) is 16.4 Å². The number of anilines is 1. The molecule has 3 rings (SSSR count). The zero-order valence-electron chi connectivity index (χ0n) is 20.9. The molecule has 1 aliphatic heterocycles. The van der Waals surface area contributed by atoms with E-state index in [1.54, 1.807) is 17.0 Å². The lowest BCUT2D eigenvalue weighted by Crippen LogP contribution is -2.50. The number of rotatable bonds is 9. The lowest BCUT2D eigenvalue weighted by atomic mass is 10.1. The van der Waals surface area contributed by atoms with Gasteiger partial charge in [0.2, 0.25) is 5.91 Å². The van der Waals surface area contributed by atoms with Gasteiger partial charge in [0, 0.05) is 43.5 Å². The molecule has 0 bridgehead atoms. The van der Waals surface area contributed by atoms with E-state index in [0.29, 0.717) is 42.6 Å². The molecule has 1 heterocycles. The van der Waals surface area contributed by atoms with E-state index in [9.17, 15) is 19.7 Å². The van der Waals surface area contributed by atoms with Crippen LogP contribution in [-0.4, -0.2) is 65.0 Å². The normalized spacial score (nSPS) is 14.3. The lowest BCUT2D eigenvalue weighted by Gasteiger charge is -2.34. The van der Waals surface area contributed by atoms with Gasteiger partial charge in [0.1, 0.15) is 0 Å². The average Bonchev–Trinajstić information content (AvgIpc) is 2.81. The van der Waals surface area contributed by atoms with E-state index in [2.05, 4.69) is 19.2 Å². The number of carbonyl (C=O) groups excluding carboxylic acids is 2. The molecule has 0 saturated carbocycles. The van der Waals surface area contributed by atoms with Crippen molar-refractivity contribution in [3.8, 4) is 0 Å². The van der Waals surface area contributed by atoms with Crippen molar-refractivity contribution >= 4 is 35.0 Å².